The van der Waals surface area contributed by atoms with Crippen LogP contribution in [0.1, 0.15) is 38.5 Å². The van der Waals surface area contributed by atoms with Gasteiger partial charge in [-0.1, -0.05) is 12.8 Å². The van der Waals surface area contributed by atoms with Crippen LogP contribution < -0.4 is 5.32 Å². The molecular formula is C16H27N3O3. The van der Waals surface area contributed by atoms with Gasteiger partial charge in [-0.15, -0.1) is 0 Å². The molecule has 6 heteroatoms. The van der Waals surface area contributed by atoms with Crippen molar-refractivity contribution in [2.75, 3.05) is 33.3 Å². The van der Waals surface area contributed by atoms with Crippen LogP contribution in [0, 0.1) is 0 Å². The first kappa shape index (κ1) is 15.7. The highest BCUT2D eigenvalue weighted by atomic mass is 16.5. The van der Waals surface area contributed by atoms with Crippen LogP contribution in [-0.4, -0.2) is 73.1 Å². The fourth-order valence-corrected chi connectivity index (χ4v) is 4.15. The van der Waals surface area contributed by atoms with Crippen LogP contribution in [0.5, 0.6) is 0 Å². The lowest BCUT2D eigenvalue weighted by molar-refractivity contribution is -0.151. The Morgan fingerprint density at radius 1 is 1.14 bits per heavy atom. The van der Waals surface area contributed by atoms with E-state index in [0.29, 0.717) is 19.7 Å². The topological polar surface area (TPSA) is 61.9 Å². The van der Waals surface area contributed by atoms with Gasteiger partial charge in [-0.2, -0.15) is 0 Å². The Balaban J connectivity index is 1.62. The Labute approximate surface area is 132 Å². The maximum atomic E-state index is 12.8. The molecule has 124 valence electrons. The van der Waals surface area contributed by atoms with Gasteiger partial charge in [0, 0.05) is 13.6 Å². The summed E-state index contributed by atoms with van der Waals surface area (Å²) in [7, 11) is 1.66. The molecule has 3 rings (SSSR count). The zero-order valence-electron chi connectivity index (χ0n) is 13.4. The Hall–Kier alpha value is -1.14. The predicted octanol–water partition coefficient (Wildman–Crippen LogP) is 0.367. The van der Waals surface area contributed by atoms with Crippen LogP contribution in [0.25, 0.3) is 0 Å². The normalized spacial score (nSPS) is 32.6. The summed E-state index contributed by atoms with van der Waals surface area (Å²) in [5.74, 6) is 0.193. The van der Waals surface area contributed by atoms with Gasteiger partial charge >= 0.3 is 0 Å². The third-order valence-corrected chi connectivity index (χ3v) is 5.30. The Morgan fingerprint density at radius 2 is 1.95 bits per heavy atom. The standard InChI is InChI=1S/C16H27N3O3/c1-17-16(21)13-6-4-8-18(13)11-15(20)19-9-10-22-14-7-3-2-5-12(14)19/h12-14H,2-11H2,1H3,(H,17,21)/t12-,13-,14+/m0/s1. The molecule has 2 heterocycles. The van der Waals surface area contributed by atoms with E-state index < -0.39 is 0 Å². The molecule has 0 unspecified atom stereocenters. The number of fused-ring (bicyclic) bond motifs is 1. The fourth-order valence-electron chi connectivity index (χ4n) is 4.15. The molecule has 0 aromatic heterocycles. The van der Waals surface area contributed by atoms with Crippen LogP contribution in [-0.2, 0) is 14.3 Å². The maximum absolute atomic E-state index is 12.8. The summed E-state index contributed by atoms with van der Waals surface area (Å²) in [5, 5.41) is 2.71. The number of morpholine rings is 1. The minimum absolute atomic E-state index is 0.0304. The van der Waals surface area contributed by atoms with Crippen LogP contribution in [0.15, 0.2) is 0 Å². The smallest absolute Gasteiger partial charge is 0.237 e. The van der Waals surface area contributed by atoms with Crippen molar-refractivity contribution in [3.05, 3.63) is 0 Å². The zero-order valence-corrected chi connectivity index (χ0v) is 13.4. The lowest BCUT2D eigenvalue weighted by atomic mass is 9.90. The van der Waals surface area contributed by atoms with Crippen molar-refractivity contribution in [1.29, 1.82) is 0 Å². The molecule has 0 aromatic carbocycles. The molecule has 0 radical (unpaired) electrons. The molecule has 3 atom stereocenters. The van der Waals surface area contributed by atoms with Gasteiger partial charge in [0.25, 0.3) is 0 Å². The molecule has 2 aliphatic heterocycles. The quantitative estimate of drug-likeness (QED) is 0.818. The fraction of sp³-hybridized carbons (Fsp3) is 0.875. The molecule has 2 saturated heterocycles. The number of carbonyl (C=O) groups is 2. The monoisotopic (exact) mass is 309 g/mol. The number of hydrogen-bond acceptors (Lipinski definition) is 4. The van der Waals surface area contributed by atoms with E-state index in [-0.39, 0.29) is 30.0 Å². The van der Waals surface area contributed by atoms with Gasteiger partial charge in [0.15, 0.2) is 0 Å². The van der Waals surface area contributed by atoms with Gasteiger partial charge in [0.1, 0.15) is 0 Å². The second-order valence-electron chi connectivity index (χ2n) is 6.59. The Kier molecular flexibility index (Phi) is 4.98. The summed E-state index contributed by atoms with van der Waals surface area (Å²) in [6, 6.07) is 0.105. The summed E-state index contributed by atoms with van der Waals surface area (Å²) < 4.78 is 5.84. The Morgan fingerprint density at radius 3 is 2.77 bits per heavy atom. The van der Waals surface area contributed by atoms with Crippen molar-refractivity contribution >= 4 is 11.8 Å². The molecular weight excluding hydrogens is 282 g/mol. The molecule has 1 aliphatic carbocycles. The SMILES string of the molecule is CNC(=O)[C@@H]1CCCN1CC(=O)N1CCO[C@@H]2CCCC[C@@H]21. The summed E-state index contributed by atoms with van der Waals surface area (Å²) >= 11 is 0. The van der Waals surface area contributed by atoms with E-state index in [0.717, 1.165) is 32.2 Å². The molecule has 0 bridgehead atoms. The third-order valence-electron chi connectivity index (χ3n) is 5.30. The number of likely N-dealkylation sites (tertiary alicyclic amines) is 1. The lowest BCUT2D eigenvalue weighted by Crippen LogP contribution is -2.57. The van der Waals surface area contributed by atoms with Crippen molar-refractivity contribution in [2.24, 2.45) is 0 Å². The van der Waals surface area contributed by atoms with E-state index >= 15 is 0 Å². The molecule has 0 aromatic rings. The van der Waals surface area contributed by atoms with Crippen LogP contribution in [0.4, 0.5) is 0 Å². The molecule has 1 saturated carbocycles. The number of ether oxygens (including phenoxy) is 1. The number of amides is 2. The van der Waals surface area contributed by atoms with Crippen molar-refractivity contribution in [3.63, 3.8) is 0 Å². The minimum Gasteiger partial charge on any atom is -0.374 e. The first-order valence-electron chi connectivity index (χ1n) is 8.57. The molecule has 22 heavy (non-hydrogen) atoms. The average Bonchev–Trinajstić information content (AvgIpc) is 3.01. The third kappa shape index (κ3) is 3.13. The molecule has 6 nitrogen and oxygen atoms in total. The number of nitrogens with one attached hydrogen (secondary N) is 1. The predicted molar refractivity (Wildman–Crippen MR) is 82.4 cm³/mol. The van der Waals surface area contributed by atoms with E-state index in [9.17, 15) is 9.59 Å². The number of carbonyl (C=O) groups excluding carboxylic acids is 2. The minimum atomic E-state index is -0.142. The zero-order chi connectivity index (χ0) is 15.5. The molecule has 2 amide bonds. The van der Waals surface area contributed by atoms with Crippen LogP contribution in [0.3, 0.4) is 0 Å². The van der Waals surface area contributed by atoms with Gasteiger partial charge < -0.3 is 15.0 Å². The highest BCUT2D eigenvalue weighted by molar-refractivity contribution is 5.84. The maximum Gasteiger partial charge on any atom is 0.237 e. The van der Waals surface area contributed by atoms with Crippen LogP contribution >= 0.6 is 0 Å². The van der Waals surface area contributed by atoms with E-state index in [1.54, 1.807) is 7.05 Å². The number of likely N-dealkylation sites (N-methyl/N-ethyl adjacent to an activating group) is 1. The second kappa shape index (κ2) is 6.96. The van der Waals surface area contributed by atoms with E-state index in [1.165, 1.54) is 12.8 Å². The number of nitrogens with zero attached hydrogens (tertiary/aromatic N) is 2. The van der Waals surface area contributed by atoms with E-state index in [1.807, 2.05) is 9.80 Å². The number of hydrogen-bond donors (Lipinski definition) is 1. The second-order valence-corrected chi connectivity index (χ2v) is 6.59. The highest BCUT2D eigenvalue weighted by Gasteiger charge is 2.38. The van der Waals surface area contributed by atoms with Crippen LogP contribution in [0.2, 0.25) is 0 Å². The van der Waals surface area contributed by atoms with Gasteiger partial charge in [0.05, 0.1) is 31.3 Å². The van der Waals surface area contributed by atoms with Gasteiger partial charge in [-0.05, 0) is 32.2 Å². The van der Waals surface area contributed by atoms with E-state index in [4.69, 9.17) is 4.74 Å². The van der Waals surface area contributed by atoms with Gasteiger partial charge in [0.2, 0.25) is 11.8 Å². The van der Waals surface area contributed by atoms with Crippen molar-refractivity contribution < 1.29 is 14.3 Å². The average molecular weight is 309 g/mol. The summed E-state index contributed by atoms with van der Waals surface area (Å²) in [6.45, 7) is 2.54. The largest absolute Gasteiger partial charge is 0.374 e. The van der Waals surface area contributed by atoms with Crippen molar-refractivity contribution in [1.82, 2.24) is 15.1 Å². The Bertz CT molecular complexity index is 427. The molecule has 1 N–H and O–H groups in total. The van der Waals surface area contributed by atoms with Gasteiger partial charge in [-0.25, -0.2) is 0 Å². The van der Waals surface area contributed by atoms with Gasteiger partial charge in [-0.3, -0.25) is 14.5 Å². The molecule has 0 spiro atoms. The molecule has 3 fully saturated rings. The summed E-state index contributed by atoms with van der Waals surface area (Å²) in [4.78, 5) is 28.7. The van der Waals surface area contributed by atoms with Crippen molar-refractivity contribution in [3.8, 4) is 0 Å². The summed E-state index contributed by atoms with van der Waals surface area (Å²) in [5.41, 5.74) is 0. The van der Waals surface area contributed by atoms with Crippen molar-refractivity contribution in [2.45, 2.75) is 56.7 Å². The molecule has 3 aliphatic rings. The lowest BCUT2D eigenvalue weighted by Gasteiger charge is -2.44. The summed E-state index contributed by atoms with van der Waals surface area (Å²) in [6.07, 6.45) is 6.56. The highest BCUT2D eigenvalue weighted by Crippen LogP contribution is 2.29. The number of rotatable bonds is 3. The first-order valence-corrected chi connectivity index (χ1v) is 8.57. The van der Waals surface area contributed by atoms with E-state index in [2.05, 4.69) is 5.32 Å². The first-order chi connectivity index (χ1) is 10.7.